The summed E-state index contributed by atoms with van der Waals surface area (Å²) < 4.78 is 0. The summed E-state index contributed by atoms with van der Waals surface area (Å²) in [7, 11) is 0. The van der Waals surface area contributed by atoms with Crippen molar-refractivity contribution in [1.29, 1.82) is 0 Å². The van der Waals surface area contributed by atoms with Gasteiger partial charge in [-0.15, -0.1) is 13.1 Å². The molecule has 2 heterocycles. The molecule has 2 saturated heterocycles. The fraction of sp³-hybridized carbons (Fsp3) is 1.00. The Morgan fingerprint density at radius 3 is 2.62 bits per heavy atom. The molecule has 2 unspecified atom stereocenters. The van der Waals surface area contributed by atoms with Gasteiger partial charge in [0.2, 0.25) is 0 Å². The maximum atomic E-state index is 4.49. The van der Waals surface area contributed by atoms with Crippen LogP contribution in [-0.4, -0.2) is 37.1 Å². The molecule has 2 aliphatic rings. The zero-order valence-electron chi connectivity index (χ0n) is 9.16. The standard InChI is InChI=1S/C10H19N2.Rb/c1-8(2)12-4-3-9-5-11-6-10(9)7-12;/h8-10H,3-7H2,1-2H3;/q-1;+1. The van der Waals surface area contributed by atoms with E-state index < -0.39 is 0 Å². The first kappa shape index (κ1) is 12.8. The molecule has 0 saturated carbocycles. The average molecular weight is 253 g/mol. The second kappa shape index (κ2) is 5.71. The Balaban J connectivity index is 0.000000845. The largest absolute Gasteiger partial charge is 1.00 e. The molecular formula is C10H19N2Rb. The molecule has 0 bridgehead atoms. The van der Waals surface area contributed by atoms with Crippen LogP contribution in [0, 0.1) is 11.8 Å². The van der Waals surface area contributed by atoms with E-state index >= 15 is 0 Å². The second-order valence-corrected chi connectivity index (χ2v) is 4.49. The van der Waals surface area contributed by atoms with Crippen molar-refractivity contribution >= 4 is 0 Å². The Kier molecular flexibility index (Phi) is 5.62. The van der Waals surface area contributed by atoms with E-state index in [1.165, 1.54) is 19.5 Å². The first-order valence-electron chi connectivity index (χ1n) is 5.14. The second-order valence-electron chi connectivity index (χ2n) is 4.49. The van der Waals surface area contributed by atoms with Gasteiger partial charge in [0.1, 0.15) is 0 Å². The van der Waals surface area contributed by atoms with Gasteiger partial charge in [-0.3, -0.25) is 0 Å². The van der Waals surface area contributed by atoms with Crippen molar-refractivity contribution in [3.8, 4) is 0 Å². The van der Waals surface area contributed by atoms with Crippen LogP contribution in [-0.2, 0) is 0 Å². The molecule has 0 radical (unpaired) electrons. The molecule has 2 nitrogen and oxygen atoms in total. The molecular weight excluding hydrogens is 234 g/mol. The molecule has 0 aromatic rings. The molecule has 2 atom stereocenters. The van der Waals surface area contributed by atoms with Crippen molar-refractivity contribution < 1.29 is 58.2 Å². The normalized spacial score (nSPS) is 34.4. The molecule has 13 heavy (non-hydrogen) atoms. The minimum atomic E-state index is 0. The number of likely N-dealkylation sites (tertiary alicyclic amines) is 1. The molecule has 70 valence electrons. The van der Waals surface area contributed by atoms with E-state index in [0.717, 1.165) is 31.0 Å². The van der Waals surface area contributed by atoms with Crippen molar-refractivity contribution in [2.45, 2.75) is 26.3 Å². The summed E-state index contributed by atoms with van der Waals surface area (Å²) in [5.74, 6) is 1.82. The van der Waals surface area contributed by atoms with E-state index in [9.17, 15) is 0 Å². The van der Waals surface area contributed by atoms with Gasteiger partial charge >= 0.3 is 58.2 Å². The average Bonchev–Trinajstić information content (AvgIpc) is 2.49. The molecule has 0 spiro atoms. The van der Waals surface area contributed by atoms with E-state index in [0.29, 0.717) is 0 Å². The fourth-order valence-electron chi connectivity index (χ4n) is 2.43. The molecule has 2 fully saturated rings. The Labute approximate surface area is 131 Å². The number of hydrogen-bond donors (Lipinski definition) is 0. The number of hydrogen-bond acceptors (Lipinski definition) is 1. The van der Waals surface area contributed by atoms with Gasteiger partial charge in [-0.2, -0.15) is 0 Å². The number of piperidine rings is 1. The Bertz CT molecular complexity index is 161. The van der Waals surface area contributed by atoms with Crippen LogP contribution in [0.1, 0.15) is 20.3 Å². The van der Waals surface area contributed by atoms with Gasteiger partial charge in [-0.05, 0) is 39.3 Å². The SMILES string of the molecule is CC(C)N1CCC2C[N-]CC2C1.[Rb+]. The van der Waals surface area contributed by atoms with E-state index in [1.807, 2.05) is 0 Å². The van der Waals surface area contributed by atoms with Crippen molar-refractivity contribution in [3.05, 3.63) is 5.32 Å². The van der Waals surface area contributed by atoms with E-state index in [-0.39, 0.29) is 58.2 Å². The maximum absolute atomic E-state index is 4.49. The zero-order valence-corrected chi connectivity index (χ0v) is 14.1. The Hall–Kier alpha value is 1.73. The maximum Gasteiger partial charge on any atom is 1.00 e. The molecule has 0 amide bonds. The first-order valence-corrected chi connectivity index (χ1v) is 5.14. The molecule has 2 rings (SSSR count). The summed E-state index contributed by atoms with van der Waals surface area (Å²) in [5, 5.41) is 4.49. The van der Waals surface area contributed by atoms with E-state index in [4.69, 9.17) is 0 Å². The monoisotopic (exact) mass is 252 g/mol. The van der Waals surface area contributed by atoms with Crippen LogP contribution in [0.5, 0.6) is 0 Å². The van der Waals surface area contributed by atoms with Crippen molar-refractivity contribution in [2.75, 3.05) is 26.2 Å². The Morgan fingerprint density at radius 2 is 1.92 bits per heavy atom. The topological polar surface area (TPSA) is 17.3 Å². The van der Waals surface area contributed by atoms with Crippen molar-refractivity contribution in [3.63, 3.8) is 0 Å². The number of fused-ring (bicyclic) bond motifs is 1. The van der Waals surface area contributed by atoms with Crippen LogP contribution in [0.2, 0.25) is 0 Å². The molecule has 0 aromatic heterocycles. The summed E-state index contributed by atoms with van der Waals surface area (Å²) in [6.45, 7) is 9.48. The molecule has 3 heteroatoms. The Morgan fingerprint density at radius 1 is 1.23 bits per heavy atom. The third-order valence-corrected chi connectivity index (χ3v) is 3.38. The fourth-order valence-corrected chi connectivity index (χ4v) is 2.43. The molecule has 0 N–H and O–H groups in total. The molecule has 2 aliphatic heterocycles. The van der Waals surface area contributed by atoms with Gasteiger partial charge in [0.25, 0.3) is 0 Å². The minimum Gasteiger partial charge on any atom is -0.662 e. The summed E-state index contributed by atoms with van der Waals surface area (Å²) in [6, 6.07) is 0.728. The van der Waals surface area contributed by atoms with Crippen molar-refractivity contribution in [1.82, 2.24) is 4.90 Å². The van der Waals surface area contributed by atoms with Crippen LogP contribution in [0.15, 0.2) is 0 Å². The van der Waals surface area contributed by atoms with Crippen LogP contribution >= 0.6 is 0 Å². The smallest absolute Gasteiger partial charge is 0.662 e. The number of nitrogens with zero attached hydrogens (tertiary/aromatic N) is 2. The minimum absolute atomic E-state index is 0. The molecule has 0 aromatic carbocycles. The molecule has 0 aliphatic carbocycles. The van der Waals surface area contributed by atoms with Gasteiger partial charge < -0.3 is 10.2 Å². The van der Waals surface area contributed by atoms with Crippen LogP contribution in [0.4, 0.5) is 0 Å². The van der Waals surface area contributed by atoms with Gasteiger partial charge in [0.05, 0.1) is 0 Å². The summed E-state index contributed by atoms with van der Waals surface area (Å²) in [5.41, 5.74) is 0. The predicted octanol–water partition coefficient (Wildman–Crippen LogP) is -1.28. The van der Waals surface area contributed by atoms with E-state index in [1.54, 1.807) is 0 Å². The third kappa shape index (κ3) is 3.09. The van der Waals surface area contributed by atoms with Gasteiger partial charge in [0.15, 0.2) is 0 Å². The zero-order chi connectivity index (χ0) is 8.55. The first-order chi connectivity index (χ1) is 5.77. The predicted molar refractivity (Wildman–Crippen MR) is 51.4 cm³/mol. The number of rotatable bonds is 1. The van der Waals surface area contributed by atoms with Crippen LogP contribution in [0.25, 0.3) is 5.32 Å². The van der Waals surface area contributed by atoms with Crippen LogP contribution in [0.3, 0.4) is 0 Å². The van der Waals surface area contributed by atoms with E-state index in [2.05, 4.69) is 24.1 Å². The van der Waals surface area contributed by atoms with Gasteiger partial charge in [0, 0.05) is 6.04 Å². The summed E-state index contributed by atoms with van der Waals surface area (Å²) in [6.07, 6.45) is 1.38. The van der Waals surface area contributed by atoms with Crippen molar-refractivity contribution in [2.24, 2.45) is 11.8 Å². The summed E-state index contributed by atoms with van der Waals surface area (Å²) >= 11 is 0. The quantitative estimate of drug-likeness (QED) is 0.569. The third-order valence-electron chi connectivity index (χ3n) is 3.38. The van der Waals surface area contributed by atoms with Crippen LogP contribution < -0.4 is 58.2 Å². The summed E-state index contributed by atoms with van der Waals surface area (Å²) in [4.78, 5) is 2.60. The van der Waals surface area contributed by atoms with Gasteiger partial charge in [-0.1, -0.05) is 5.92 Å². The van der Waals surface area contributed by atoms with Gasteiger partial charge in [-0.25, -0.2) is 0 Å².